The summed E-state index contributed by atoms with van der Waals surface area (Å²) in [7, 11) is 0. The van der Waals surface area contributed by atoms with Gasteiger partial charge >= 0.3 is 6.03 Å². The van der Waals surface area contributed by atoms with Crippen LogP contribution in [0, 0.1) is 0 Å². The van der Waals surface area contributed by atoms with E-state index in [9.17, 15) is 9.59 Å². The molecule has 2 N–H and O–H groups in total. The number of urea groups is 1. The van der Waals surface area contributed by atoms with Crippen LogP contribution in [0.15, 0.2) is 42.5 Å². The minimum absolute atomic E-state index is 0.196. The normalized spacial score (nSPS) is 11.0. The van der Waals surface area contributed by atoms with Gasteiger partial charge in [0.15, 0.2) is 0 Å². The molecule has 0 aliphatic heterocycles. The molecule has 2 aromatic rings. The number of nitrogens with zero attached hydrogens (tertiary/aromatic N) is 1. The van der Waals surface area contributed by atoms with Crippen molar-refractivity contribution < 1.29 is 9.59 Å². The van der Waals surface area contributed by atoms with Crippen molar-refractivity contribution in [3.05, 3.63) is 63.1 Å². The number of anilines is 1. The van der Waals surface area contributed by atoms with Crippen molar-refractivity contribution >= 4 is 52.4 Å². The topological polar surface area (TPSA) is 61.4 Å². The first-order valence-electron chi connectivity index (χ1n) is 7.71. The molecule has 0 aromatic heterocycles. The van der Waals surface area contributed by atoms with Gasteiger partial charge < -0.3 is 5.32 Å². The number of nitrogens with one attached hydrogen (secondary N) is 2. The summed E-state index contributed by atoms with van der Waals surface area (Å²) in [5.41, 5.74) is 2.67. The van der Waals surface area contributed by atoms with E-state index in [2.05, 4.69) is 10.7 Å². The Kier molecular flexibility index (Phi) is 6.39. The zero-order valence-electron chi connectivity index (χ0n) is 14.4. The Morgan fingerprint density at radius 2 is 1.50 bits per heavy atom. The molecule has 0 fully saturated rings. The second kappa shape index (κ2) is 8.16. The summed E-state index contributed by atoms with van der Waals surface area (Å²) in [6.45, 7) is 5.37. The Balaban J connectivity index is 2.20. The molecule has 138 valence electrons. The van der Waals surface area contributed by atoms with Crippen LogP contribution in [-0.4, -0.2) is 22.5 Å². The Labute approximate surface area is 167 Å². The van der Waals surface area contributed by atoms with Crippen molar-refractivity contribution in [2.45, 2.75) is 26.3 Å². The maximum atomic E-state index is 12.7. The van der Waals surface area contributed by atoms with Gasteiger partial charge in [-0.1, -0.05) is 34.8 Å². The predicted octanol–water partition coefficient (Wildman–Crippen LogP) is 5.62. The number of halogens is 3. The Hall–Kier alpha value is -1.95. The van der Waals surface area contributed by atoms with Crippen molar-refractivity contribution in [1.82, 2.24) is 10.4 Å². The van der Waals surface area contributed by atoms with Crippen molar-refractivity contribution in [3.63, 3.8) is 0 Å². The fourth-order valence-electron chi connectivity index (χ4n) is 2.07. The summed E-state index contributed by atoms with van der Waals surface area (Å²) in [5.74, 6) is -0.521. The number of hydrogen-bond acceptors (Lipinski definition) is 2. The zero-order valence-corrected chi connectivity index (χ0v) is 16.7. The van der Waals surface area contributed by atoms with E-state index in [-0.39, 0.29) is 10.6 Å². The summed E-state index contributed by atoms with van der Waals surface area (Å²) in [4.78, 5) is 25.2. The van der Waals surface area contributed by atoms with Gasteiger partial charge in [-0.15, -0.1) is 0 Å². The van der Waals surface area contributed by atoms with Crippen LogP contribution in [0.5, 0.6) is 0 Å². The first kappa shape index (κ1) is 20.4. The van der Waals surface area contributed by atoms with E-state index in [1.165, 1.54) is 17.1 Å². The van der Waals surface area contributed by atoms with Crippen molar-refractivity contribution in [3.8, 4) is 0 Å². The van der Waals surface area contributed by atoms with Gasteiger partial charge in [0.25, 0.3) is 5.91 Å². The van der Waals surface area contributed by atoms with E-state index in [1.54, 1.807) is 51.1 Å². The Bertz CT molecular complexity index is 817. The molecule has 0 bridgehead atoms. The van der Waals surface area contributed by atoms with Crippen LogP contribution in [0.4, 0.5) is 10.5 Å². The maximum Gasteiger partial charge on any atom is 0.341 e. The van der Waals surface area contributed by atoms with E-state index in [0.717, 1.165) is 0 Å². The van der Waals surface area contributed by atoms with Crippen LogP contribution < -0.4 is 10.7 Å². The van der Waals surface area contributed by atoms with E-state index in [1.807, 2.05) is 0 Å². The molecule has 0 saturated heterocycles. The molecule has 2 aromatic carbocycles. The zero-order chi connectivity index (χ0) is 19.5. The summed E-state index contributed by atoms with van der Waals surface area (Å²) in [5, 5.41) is 5.09. The lowest BCUT2D eigenvalue weighted by Crippen LogP contribution is -2.57. The van der Waals surface area contributed by atoms with Crippen molar-refractivity contribution in [2.75, 3.05) is 5.32 Å². The molecule has 0 heterocycles. The first-order chi connectivity index (χ1) is 12.1. The van der Waals surface area contributed by atoms with Crippen LogP contribution in [0.2, 0.25) is 15.1 Å². The van der Waals surface area contributed by atoms with Gasteiger partial charge in [-0.2, -0.15) is 0 Å². The van der Waals surface area contributed by atoms with Gasteiger partial charge in [0.05, 0.1) is 16.1 Å². The standard InChI is InChI=1S/C18H18Cl3N3O2/c1-18(2,3)24(17(26)22-13-7-4-11(19)5-8-13)23-16(25)14-9-6-12(20)10-15(14)21/h4-10H,1-3H3,(H,22,26)(H,23,25). The highest BCUT2D eigenvalue weighted by atomic mass is 35.5. The molecule has 0 aliphatic carbocycles. The van der Waals surface area contributed by atoms with Crippen LogP contribution in [0.1, 0.15) is 31.1 Å². The van der Waals surface area contributed by atoms with E-state index < -0.39 is 17.5 Å². The Morgan fingerprint density at radius 3 is 2.04 bits per heavy atom. The molecule has 2 rings (SSSR count). The predicted molar refractivity (Wildman–Crippen MR) is 106 cm³/mol. The number of benzene rings is 2. The third-order valence-corrected chi connectivity index (χ3v) is 4.16. The van der Waals surface area contributed by atoms with Crippen LogP contribution in [0.3, 0.4) is 0 Å². The molecule has 0 spiro atoms. The lowest BCUT2D eigenvalue weighted by molar-refractivity contribution is 0.0687. The molecule has 0 unspecified atom stereocenters. The lowest BCUT2D eigenvalue weighted by atomic mass is 10.1. The second-order valence-electron chi connectivity index (χ2n) is 6.51. The van der Waals surface area contributed by atoms with Crippen LogP contribution >= 0.6 is 34.8 Å². The van der Waals surface area contributed by atoms with E-state index in [0.29, 0.717) is 15.7 Å². The molecule has 5 nitrogen and oxygen atoms in total. The number of carbonyl (C=O) groups is 2. The highest BCUT2D eigenvalue weighted by molar-refractivity contribution is 6.36. The minimum Gasteiger partial charge on any atom is -0.306 e. The number of hydrogen-bond donors (Lipinski definition) is 2. The maximum absolute atomic E-state index is 12.7. The highest BCUT2D eigenvalue weighted by Gasteiger charge is 2.29. The van der Waals surface area contributed by atoms with Gasteiger partial charge in [-0.05, 0) is 63.2 Å². The molecule has 0 atom stereocenters. The first-order valence-corrected chi connectivity index (χ1v) is 8.84. The van der Waals surface area contributed by atoms with E-state index >= 15 is 0 Å². The average molecular weight is 415 g/mol. The smallest absolute Gasteiger partial charge is 0.306 e. The number of hydrazine groups is 1. The van der Waals surface area contributed by atoms with Gasteiger partial charge in [0.1, 0.15) is 0 Å². The molecule has 0 saturated carbocycles. The number of amides is 3. The quantitative estimate of drug-likeness (QED) is 0.626. The molecule has 8 heteroatoms. The van der Waals surface area contributed by atoms with Crippen molar-refractivity contribution in [2.24, 2.45) is 0 Å². The van der Waals surface area contributed by atoms with Gasteiger partial charge in [-0.3, -0.25) is 10.2 Å². The molecule has 0 radical (unpaired) electrons. The third-order valence-electron chi connectivity index (χ3n) is 3.36. The Morgan fingerprint density at radius 1 is 0.923 bits per heavy atom. The fraction of sp³-hybridized carbons (Fsp3) is 0.222. The lowest BCUT2D eigenvalue weighted by Gasteiger charge is -2.35. The van der Waals surface area contributed by atoms with Crippen molar-refractivity contribution in [1.29, 1.82) is 0 Å². The molecular formula is C18H18Cl3N3O2. The largest absolute Gasteiger partial charge is 0.341 e. The molecular weight excluding hydrogens is 397 g/mol. The summed E-state index contributed by atoms with van der Waals surface area (Å²) < 4.78 is 0. The van der Waals surface area contributed by atoms with E-state index in [4.69, 9.17) is 34.8 Å². The van der Waals surface area contributed by atoms with Gasteiger partial charge in [-0.25, -0.2) is 9.80 Å². The highest BCUT2D eigenvalue weighted by Crippen LogP contribution is 2.22. The summed E-state index contributed by atoms with van der Waals surface area (Å²) >= 11 is 17.8. The van der Waals surface area contributed by atoms with Gasteiger partial charge in [0.2, 0.25) is 0 Å². The average Bonchev–Trinajstić information content (AvgIpc) is 2.53. The number of rotatable bonds is 2. The van der Waals surface area contributed by atoms with Crippen LogP contribution in [-0.2, 0) is 0 Å². The summed E-state index contributed by atoms with van der Waals surface area (Å²) in [6.07, 6.45) is 0. The SMILES string of the molecule is CC(C)(C)N(NC(=O)c1ccc(Cl)cc1Cl)C(=O)Nc1ccc(Cl)cc1. The molecule has 26 heavy (non-hydrogen) atoms. The third kappa shape index (κ3) is 5.27. The fourth-order valence-corrected chi connectivity index (χ4v) is 2.69. The molecule has 3 amide bonds. The van der Waals surface area contributed by atoms with Crippen LogP contribution in [0.25, 0.3) is 0 Å². The monoisotopic (exact) mass is 413 g/mol. The minimum atomic E-state index is -0.689. The summed E-state index contributed by atoms with van der Waals surface area (Å²) in [6, 6.07) is 10.7. The second-order valence-corrected chi connectivity index (χ2v) is 7.79. The molecule has 0 aliphatic rings. The van der Waals surface area contributed by atoms with Gasteiger partial charge in [0, 0.05) is 15.7 Å². The number of carbonyl (C=O) groups excluding carboxylic acids is 2.